The van der Waals surface area contributed by atoms with Gasteiger partial charge in [-0.05, 0) is 24.4 Å². The van der Waals surface area contributed by atoms with Crippen LogP contribution in [0.3, 0.4) is 0 Å². The zero-order valence-electron chi connectivity index (χ0n) is 13.2. The predicted molar refractivity (Wildman–Crippen MR) is 89.6 cm³/mol. The highest BCUT2D eigenvalue weighted by Gasteiger charge is 2.21. The van der Waals surface area contributed by atoms with Crippen LogP contribution in [0.2, 0.25) is 0 Å². The Morgan fingerprint density at radius 1 is 1.27 bits per heavy atom. The van der Waals surface area contributed by atoms with Crippen LogP contribution in [0, 0.1) is 5.92 Å². The van der Waals surface area contributed by atoms with Crippen LogP contribution in [0.1, 0.15) is 30.6 Å². The summed E-state index contributed by atoms with van der Waals surface area (Å²) in [6.45, 7) is 5.18. The van der Waals surface area contributed by atoms with Gasteiger partial charge in [0.05, 0.1) is 0 Å². The van der Waals surface area contributed by atoms with Crippen LogP contribution < -0.4 is 5.32 Å². The van der Waals surface area contributed by atoms with Crippen LogP contribution in [0.4, 0.5) is 0 Å². The number of nitrogens with one attached hydrogen (secondary N) is 1. The van der Waals surface area contributed by atoms with Gasteiger partial charge in [0.25, 0.3) is 0 Å². The maximum absolute atomic E-state index is 4.29. The summed E-state index contributed by atoms with van der Waals surface area (Å²) in [5, 5.41) is 12.1. The minimum atomic E-state index is 0.680. The first-order valence-corrected chi connectivity index (χ1v) is 8.20. The fourth-order valence-electron chi connectivity index (χ4n) is 3.01. The van der Waals surface area contributed by atoms with Crippen LogP contribution in [0.25, 0.3) is 6.08 Å². The molecule has 0 saturated heterocycles. The molecule has 0 fully saturated rings. The van der Waals surface area contributed by atoms with Crippen molar-refractivity contribution in [1.82, 2.24) is 20.1 Å². The summed E-state index contributed by atoms with van der Waals surface area (Å²) in [7, 11) is 0. The topological polar surface area (TPSA) is 42.7 Å². The molecule has 1 atom stereocenters. The number of hydrogen-bond acceptors (Lipinski definition) is 3. The second-order valence-electron chi connectivity index (χ2n) is 5.87. The Morgan fingerprint density at radius 3 is 2.95 bits per heavy atom. The third-order valence-electron chi connectivity index (χ3n) is 4.24. The van der Waals surface area contributed by atoms with E-state index in [0.717, 1.165) is 44.1 Å². The average molecular weight is 296 g/mol. The SMILES string of the molecule is CCc1nnc2n1CC(CNCC=Cc1ccccc1)CC2. The lowest BCUT2D eigenvalue weighted by atomic mass is 9.99. The van der Waals surface area contributed by atoms with Crippen molar-refractivity contribution in [3.63, 3.8) is 0 Å². The van der Waals surface area contributed by atoms with Crippen LogP contribution in [0.15, 0.2) is 36.4 Å². The largest absolute Gasteiger partial charge is 0.315 e. The van der Waals surface area contributed by atoms with Crippen LogP contribution in [-0.2, 0) is 19.4 Å². The summed E-state index contributed by atoms with van der Waals surface area (Å²) in [6, 6.07) is 10.4. The van der Waals surface area contributed by atoms with E-state index < -0.39 is 0 Å². The predicted octanol–water partition coefficient (Wildman–Crippen LogP) is 2.71. The average Bonchev–Trinajstić information content (AvgIpc) is 2.98. The molecule has 3 rings (SSSR count). The van der Waals surface area contributed by atoms with E-state index in [1.807, 2.05) is 6.07 Å². The number of nitrogens with zero attached hydrogens (tertiary/aromatic N) is 3. The summed E-state index contributed by atoms with van der Waals surface area (Å²) < 4.78 is 2.32. The van der Waals surface area contributed by atoms with Gasteiger partial charge in [0, 0.05) is 25.9 Å². The van der Waals surface area contributed by atoms with Gasteiger partial charge in [-0.3, -0.25) is 0 Å². The minimum absolute atomic E-state index is 0.680. The monoisotopic (exact) mass is 296 g/mol. The van der Waals surface area contributed by atoms with E-state index in [4.69, 9.17) is 0 Å². The van der Waals surface area contributed by atoms with Gasteiger partial charge >= 0.3 is 0 Å². The number of aryl methyl sites for hydroxylation is 2. The Labute approximate surface area is 132 Å². The molecular formula is C18H24N4. The molecule has 1 aliphatic heterocycles. The molecule has 116 valence electrons. The summed E-state index contributed by atoms with van der Waals surface area (Å²) in [4.78, 5) is 0. The molecule has 0 bridgehead atoms. The second-order valence-corrected chi connectivity index (χ2v) is 5.87. The Bertz CT molecular complexity index is 602. The van der Waals surface area contributed by atoms with Crippen molar-refractivity contribution in [2.75, 3.05) is 13.1 Å². The van der Waals surface area contributed by atoms with Crippen molar-refractivity contribution in [3.05, 3.63) is 53.6 Å². The molecule has 1 unspecified atom stereocenters. The number of fused-ring (bicyclic) bond motifs is 1. The third kappa shape index (κ3) is 3.63. The zero-order valence-corrected chi connectivity index (χ0v) is 13.2. The molecule has 1 N–H and O–H groups in total. The Morgan fingerprint density at radius 2 is 2.14 bits per heavy atom. The first-order chi connectivity index (χ1) is 10.9. The van der Waals surface area contributed by atoms with Gasteiger partial charge < -0.3 is 9.88 Å². The molecule has 22 heavy (non-hydrogen) atoms. The van der Waals surface area contributed by atoms with Gasteiger partial charge in [0.1, 0.15) is 11.6 Å². The van der Waals surface area contributed by atoms with Gasteiger partial charge in [-0.25, -0.2) is 0 Å². The molecule has 1 aromatic carbocycles. The standard InChI is InChI=1S/C18H24N4/c1-2-17-20-21-18-11-10-16(14-22(17)18)13-19-12-6-9-15-7-4-3-5-8-15/h3-9,16,19H,2,10-14H2,1H3. The number of benzene rings is 1. The van der Waals surface area contributed by atoms with E-state index in [-0.39, 0.29) is 0 Å². The summed E-state index contributed by atoms with van der Waals surface area (Å²) in [5.41, 5.74) is 1.25. The van der Waals surface area contributed by atoms with Gasteiger partial charge in [-0.2, -0.15) is 0 Å². The lowest BCUT2D eigenvalue weighted by Crippen LogP contribution is -2.30. The van der Waals surface area contributed by atoms with E-state index in [9.17, 15) is 0 Å². The van der Waals surface area contributed by atoms with Gasteiger partial charge in [0.15, 0.2) is 0 Å². The molecule has 0 aliphatic carbocycles. The maximum Gasteiger partial charge on any atom is 0.133 e. The van der Waals surface area contributed by atoms with E-state index in [2.05, 4.69) is 63.4 Å². The van der Waals surface area contributed by atoms with Gasteiger partial charge in [-0.15, -0.1) is 10.2 Å². The van der Waals surface area contributed by atoms with Crippen molar-refractivity contribution in [1.29, 1.82) is 0 Å². The second kappa shape index (κ2) is 7.36. The number of aromatic nitrogens is 3. The van der Waals surface area contributed by atoms with Gasteiger partial charge in [0.2, 0.25) is 0 Å². The first-order valence-electron chi connectivity index (χ1n) is 8.20. The van der Waals surface area contributed by atoms with Crippen molar-refractivity contribution in [2.24, 2.45) is 5.92 Å². The van der Waals surface area contributed by atoms with Crippen molar-refractivity contribution < 1.29 is 0 Å². The Hall–Kier alpha value is -1.94. The molecule has 2 aromatic rings. The summed E-state index contributed by atoms with van der Waals surface area (Å²) in [5.74, 6) is 2.97. The van der Waals surface area contributed by atoms with Crippen molar-refractivity contribution >= 4 is 6.08 Å². The fraction of sp³-hybridized carbons (Fsp3) is 0.444. The van der Waals surface area contributed by atoms with E-state index >= 15 is 0 Å². The molecule has 1 aromatic heterocycles. The summed E-state index contributed by atoms with van der Waals surface area (Å²) in [6.07, 6.45) is 7.59. The van der Waals surface area contributed by atoms with Crippen molar-refractivity contribution in [2.45, 2.75) is 32.7 Å². The number of hydrogen-bond donors (Lipinski definition) is 1. The lowest BCUT2D eigenvalue weighted by molar-refractivity contribution is 0.347. The molecular weight excluding hydrogens is 272 g/mol. The highest BCUT2D eigenvalue weighted by molar-refractivity contribution is 5.48. The van der Waals surface area contributed by atoms with E-state index in [1.165, 1.54) is 12.0 Å². The minimum Gasteiger partial charge on any atom is -0.315 e. The smallest absolute Gasteiger partial charge is 0.133 e. The molecule has 4 heteroatoms. The quantitative estimate of drug-likeness (QED) is 0.834. The summed E-state index contributed by atoms with van der Waals surface area (Å²) >= 11 is 0. The number of rotatable bonds is 6. The van der Waals surface area contributed by atoms with E-state index in [0.29, 0.717) is 5.92 Å². The molecule has 0 saturated carbocycles. The maximum atomic E-state index is 4.29. The van der Waals surface area contributed by atoms with Crippen LogP contribution in [-0.4, -0.2) is 27.9 Å². The first kappa shape index (κ1) is 15.0. The highest BCUT2D eigenvalue weighted by Crippen LogP contribution is 2.19. The normalized spacial score (nSPS) is 17.8. The molecule has 0 amide bonds. The van der Waals surface area contributed by atoms with Gasteiger partial charge in [-0.1, -0.05) is 49.4 Å². The van der Waals surface area contributed by atoms with Crippen LogP contribution >= 0.6 is 0 Å². The molecule has 1 aliphatic rings. The molecule has 0 radical (unpaired) electrons. The fourth-order valence-corrected chi connectivity index (χ4v) is 3.01. The highest BCUT2D eigenvalue weighted by atomic mass is 15.3. The lowest BCUT2D eigenvalue weighted by Gasteiger charge is -2.24. The third-order valence-corrected chi connectivity index (χ3v) is 4.24. The Balaban J connectivity index is 1.44. The molecule has 4 nitrogen and oxygen atoms in total. The Kier molecular flexibility index (Phi) is 5.01. The van der Waals surface area contributed by atoms with Crippen molar-refractivity contribution in [3.8, 4) is 0 Å². The van der Waals surface area contributed by atoms with E-state index in [1.54, 1.807) is 0 Å². The zero-order chi connectivity index (χ0) is 15.2. The molecule has 2 heterocycles. The molecule has 0 spiro atoms. The van der Waals surface area contributed by atoms with Crippen LogP contribution in [0.5, 0.6) is 0 Å².